The first kappa shape index (κ1) is 15.8. The van der Waals surface area contributed by atoms with Crippen LogP contribution in [0.5, 0.6) is 0 Å². The van der Waals surface area contributed by atoms with Crippen molar-refractivity contribution in [3.63, 3.8) is 0 Å². The topological polar surface area (TPSA) is 75.0 Å². The number of esters is 1. The van der Waals surface area contributed by atoms with Crippen LogP contribution in [0.1, 0.15) is 24.6 Å². The lowest BCUT2D eigenvalue weighted by atomic mass is 10.2. The van der Waals surface area contributed by atoms with E-state index >= 15 is 0 Å². The Morgan fingerprint density at radius 2 is 2.20 bits per heavy atom. The minimum atomic E-state index is -4.59. The molecule has 0 saturated carbocycles. The molecule has 0 saturated heterocycles. The minimum absolute atomic E-state index is 0.0261. The molecule has 0 aliphatic rings. The number of alkyl halides is 3. The maximum absolute atomic E-state index is 12.5. The van der Waals surface area contributed by atoms with Crippen LogP contribution in [-0.2, 0) is 15.7 Å². The zero-order valence-corrected chi connectivity index (χ0v) is 10.6. The van der Waals surface area contributed by atoms with Crippen LogP contribution >= 0.6 is 0 Å². The molecule has 0 unspecified atom stereocenters. The Morgan fingerprint density at radius 3 is 2.75 bits per heavy atom. The van der Waals surface area contributed by atoms with E-state index in [4.69, 9.17) is 5.26 Å². The molecule has 108 valence electrons. The molecule has 0 aliphatic carbocycles. The highest BCUT2D eigenvalue weighted by Crippen LogP contribution is 2.29. The second kappa shape index (κ2) is 6.75. The molecule has 1 N–H and O–H groups in total. The fourth-order valence-corrected chi connectivity index (χ4v) is 1.36. The van der Waals surface area contributed by atoms with Crippen LogP contribution < -0.4 is 5.32 Å². The van der Waals surface area contributed by atoms with E-state index in [1.165, 1.54) is 0 Å². The van der Waals surface area contributed by atoms with Crippen molar-refractivity contribution in [2.45, 2.75) is 19.5 Å². The molecule has 1 aromatic heterocycles. The molecule has 1 aromatic rings. The molecule has 0 bridgehead atoms. The van der Waals surface area contributed by atoms with Crippen LogP contribution in [0, 0.1) is 11.3 Å². The molecule has 0 aliphatic heterocycles. The number of nitrogens with zero attached hydrogens (tertiary/aromatic N) is 2. The summed E-state index contributed by atoms with van der Waals surface area (Å²) in [5, 5.41) is 11.3. The summed E-state index contributed by atoms with van der Waals surface area (Å²) in [7, 11) is 0. The summed E-state index contributed by atoms with van der Waals surface area (Å²) in [5.41, 5.74) is -1.13. The third kappa shape index (κ3) is 4.42. The van der Waals surface area contributed by atoms with Crippen LogP contribution in [0.25, 0.3) is 0 Å². The molecule has 8 heteroatoms. The van der Waals surface area contributed by atoms with E-state index in [1.54, 1.807) is 13.0 Å². The van der Waals surface area contributed by atoms with E-state index < -0.39 is 17.8 Å². The number of hydrogen-bond acceptors (Lipinski definition) is 5. The van der Waals surface area contributed by atoms with Crippen LogP contribution in [0.2, 0.25) is 0 Å². The van der Waals surface area contributed by atoms with Gasteiger partial charge in [0.2, 0.25) is 0 Å². The Balaban J connectivity index is 2.77. The third-order valence-corrected chi connectivity index (χ3v) is 2.23. The standard InChI is InChI=1S/C12H12F3N3O2/c1-2-20-10(19)5-6-17-11-8(7-16)3-4-9(18-11)12(13,14)15/h3-4H,2,5-6H2,1H3,(H,17,18). The lowest BCUT2D eigenvalue weighted by Gasteiger charge is -2.10. The Labute approximate surface area is 113 Å². The zero-order valence-electron chi connectivity index (χ0n) is 10.6. The van der Waals surface area contributed by atoms with Gasteiger partial charge in [-0.3, -0.25) is 4.79 Å². The Hall–Kier alpha value is -2.30. The van der Waals surface area contributed by atoms with Gasteiger partial charge in [0, 0.05) is 6.54 Å². The van der Waals surface area contributed by atoms with Crippen molar-refractivity contribution >= 4 is 11.8 Å². The number of ether oxygens (including phenoxy) is 1. The van der Waals surface area contributed by atoms with E-state index in [0.717, 1.165) is 12.1 Å². The Kier molecular flexibility index (Phi) is 5.32. The van der Waals surface area contributed by atoms with Gasteiger partial charge in [0.05, 0.1) is 18.6 Å². The number of nitrogens with one attached hydrogen (secondary N) is 1. The zero-order chi connectivity index (χ0) is 15.2. The Bertz CT molecular complexity index is 524. The van der Waals surface area contributed by atoms with Crippen LogP contribution in [0.3, 0.4) is 0 Å². The number of nitriles is 1. The summed E-state index contributed by atoms with van der Waals surface area (Å²) in [4.78, 5) is 14.4. The number of pyridine rings is 1. The molecule has 20 heavy (non-hydrogen) atoms. The molecule has 1 heterocycles. The van der Waals surface area contributed by atoms with Crippen molar-refractivity contribution in [1.82, 2.24) is 4.98 Å². The van der Waals surface area contributed by atoms with Crippen molar-refractivity contribution in [1.29, 1.82) is 5.26 Å². The van der Waals surface area contributed by atoms with Gasteiger partial charge in [0.15, 0.2) is 0 Å². The van der Waals surface area contributed by atoms with Crippen LogP contribution in [-0.4, -0.2) is 24.1 Å². The molecule has 0 aromatic carbocycles. The average molecular weight is 287 g/mol. The number of hydrogen-bond donors (Lipinski definition) is 1. The van der Waals surface area contributed by atoms with Gasteiger partial charge >= 0.3 is 12.1 Å². The van der Waals surface area contributed by atoms with Crippen molar-refractivity contribution in [2.24, 2.45) is 0 Å². The number of carbonyl (C=O) groups excluding carboxylic acids is 1. The van der Waals surface area contributed by atoms with E-state index in [9.17, 15) is 18.0 Å². The van der Waals surface area contributed by atoms with Gasteiger partial charge in [-0.15, -0.1) is 0 Å². The summed E-state index contributed by atoms with van der Waals surface area (Å²) >= 11 is 0. The first-order chi connectivity index (χ1) is 9.38. The highest BCUT2D eigenvalue weighted by Gasteiger charge is 2.33. The predicted octanol–water partition coefficient (Wildman–Crippen LogP) is 2.34. The summed E-state index contributed by atoms with van der Waals surface area (Å²) < 4.78 is 42.2. The maximum atomic E-state index is 12.5. The van der Waals surface area contributed by atoms with E-state index in [1.807, 2.05) is 0 Å². The molecular weight excluding hydrogens is 275 g/mol. The molecule has 5 nitrogen and oxygen atoms in total. The molecule has 0 fully saturated rings. The molecule has 0 radical (unpaired) electrons. The largest absolute Gasteiger partial charge is 0.466 e. The SMILES string of the molecule is CCOC(=O)CCNc1nc(C(F)(F)F)ccc1C#N. The minimum Gasteiger partial charge on any atom is -0.466 e. The van der Waals surface area contributed by atoms with Gasteiger partial charge in [-0.1, -0.05) is 0 Å². The van der Waals surface area contributed by atoms with E-state index in [0.29, 0.717) is 0 Å². The van der Waals surface area contributed by atoms with Gasteiger partial charge in [0.25, 0.3) is 0 Å². The van der Waals surface area contributed by atoms with Crippen molar-refractivity contribution in [2.75, 3.05) is 18.5 Å². The van der Waals surface area contributed by atoms with Crippen molar-refractivity contribution in [3.05, 3.63) is 23.4 Å². The molecular formula is C12H12F3N3O2. The summed E-state index contributed by atoms with van der Waals surface area (Å²) in [5.74, 6) is -0.683. The van der Waals surface area contributed by atoms with Crippen molar-refractivity contribution < 1.29 is 22.7 Å². The van der Waals surface area contributed by atoms with Crippen LogP contribution in [0.4, 0.5) is 19.0 Å². The fraction of sp³-hybridized carbons (Fsp3) is 0.417. The fourth-order valence-electron chi connectivity index (χ4n) is 1.36. The average Bonchev–Trinajstić information content (AvgIpc) is 2.38. The lowest BCUT2D eigenvalue weighted by molar-refractivity contribution is -0.143. The molecule has 1 rings (SSSR count). The first-order valence-electron chi connectivity index (χ1n) is 5.76. The van der Waals surface area contributed by atoms with E-state index in [-0.39, 0.29) is 31.0 Å². The summed E-state index contributed by atoms with van der Waals surface area (Å²) in [6.07, 6.45) is -4.62. The van der Waals surface area contributed by atoms with E-state index in [2.05, 4.69) is 15.0 Å². The molecule has 0 atom stereocenters. The van der Waals surface area contributed by atoms with Gasteiger partial charge in [-0.25, -0.2) is 4.98 Å². The second-order valence-corrected chi connectivity index (χ2v) is 3.68. The quantitative estimate of drug-likeness (QED) is 0.841. The maximum Gasteiger partial charge on any atom is 0.433 e. The lowest BCUT2D eigenvalue weighted by Crippen LogP contribution is -2.15. The first-order valence-corrected chi connectivity index (χ1v) is 5.76. The number of aromatic nitrogens is 1. The number of carbonyl (C=O) groups is 1. The number of rotatable bonds is 5. The second-order valence-electron chi connectivity index (χ2n) is 3.68. The van der Waals surface area contributed by atoms with Crippen molar-refractivity contribution in [3.8, 4) is 6.07 Å². The number of anilines is 1. The molecule has 0 amide bonds. The highest BCUT2D eigenvalue weighted by atomic mass is 19.4. The van der Waals surface area contributed by atoms with Crippen LogP contribution in [0.15, 0.2) is 12.1 Å². The normalized spacial score (nSPS) is 10.8. The predicted molar refractivity (Wildman–Crippen MR) is 63.7 cm³/mol. The monoisotopic (exact) mass is 287 g/mol. The van der Waals surface area contributed by atoms with Gasteiger partial charge < -0.3 is 10.1 Å². The third-order valence-electron chi connectivity index (χ3n) is 2.23. The molecule has 0 spiro atoms. The number of halogens is 3. The Morgan fingerprint density at radius 1 is 1.50 bits per heavy atom. The van der Waals surface area contributed by atoms with Gasteiger partial charge in [-0.2, -0.15) is 18.4 Å². The van der Waals surface area contributed by atoms with Gasteiger partial charge in [-0.05, 0) is 19.1 Å². The smallest absolute Gasteiger partial charge is 0.433 e. The summed E-state index contributed by atoms with van der Waals surface area (Å²) in [6.45, 7) is 1.90. The highest BCUT2D eigenvalue weighted by molar-refractivity contribution is 5.70. The van der Waals surface area contributed by atoms with Gasteiger partial charge in [0.1, 0.15) is 17.6 Å². The summed E-state index contributed by atoms with van der Waals surface area (Å²) in [6, 6.07) is 3.49.